The molecular weight excluding hydrogens is 325 g/mol. The summed E-state index contributed by atoms with van der Waals surface area (Å²) in [6.45, 7) is -0.173. The van der Waals surface area contributed by atoms with Crippen LogP contribution in [0.15, 0.2) is 39.9 Å². The zero-order chi connectivity index (χ0) is 14.8. The summed E-state index contributed by atoms with van der Waals surface area (Å²) in [4.78, 5) is -0.151. The highest BCUT2D eigenvalue weighted by molar-refractivity contribution is 7.89. The summed E-state index contributed by atoms with van der Waals surface area (Å²) < 4.78 is 39.2. The van der Waals surface area contributed by atoms with Crippen LogP contribution >= 0.6 is 22.9 Å². The van der Waals surface area contributed by atoms with E-state index in [0.717, 1.165) is 18.2 Å². The fraction of sp³-hybridized carbons (Fsp3) is 0.167. The zero-order valence-electron chi connectivity index (χ0n) is 10.1. The second-order valence-corrected chi connectivity index (χ2v) is 6.95. The maximum atomic E-state index is 13.0. The summed E-state index contributed by atoms with van der Waals surface area (Å²) in [7, 11) is -3.84. The first kappa shape index (κ1) is 15.4. The van der Waals surface area contributed by atoms with Gasteiger partial charge < -0.3 is 5.11 Å². The Morgan fingerprint density at radius 1 is 1.40 bits per heavy atom. The smallest absolute Gasteiger partial charge is 0.240 e. The summed E-state index contributed by atoms with van der Waals surface area (Å²) >= 11 is 6.95. The summed E-state index contributed by atoms with van der Waals surface area (Å²) in [5.41, 5.74) is 0.634. The third kappa shape index (κ3) is 3.56. The van der Waals surface area contributed by atoms with E-state index in [-0.39, 0.29) is 16.5 Å². The third-order valence-corrected chi connectivity index (χ3v) is 5.01. The highest BCUT2D eigenvalue weighted by atomic mass is 35.5. The summed E-state index contributed by atoms with van der Waals surface area (Å²) in [5.74, 6) is -0.691. The van der Waals surface area contributed by atoms with Gasteiger partial charge in [-0.1, -0.05) is 11.6 Å². The van der Waals surface area contributed by atoms with Gasteiger partial charge in [0.05, 0.1) is 16.0 Å². The molecule has 0 radical (unpaired) electrons. The van der Waals surface area contributed by atoms with E-state index in [1.54, 1.807) is 16.8 Å². The fourth-order valence-corrected chi connectivity index (χ4v) is 3.51. The molecule has 2 rings (SSSR count). The Morgan fingerprint density at radius 2 is 2.15 bits per heavy atom. The molecule has 1 heterocycles. The topological polar surface area (TPSA) is 66.4 Å². The maximum absolute atomic E-state index is 13.0. The van der Waals surface area contributed by atoms with Gasteiger partial charge in [0.2, 0.25) is 10.0 Å². The molecule has 1 aromatic carbocycles. The van der Waals surface area contributed by atoms with E-state index in [0.29, 0.717) is 5.56 Å². The molecular formula is C12H11ClFNO3S2. The minimum Gasteiger partial charge on any atom is -0.387 e. The van der Waals surface area contributed by atoms with Crippen LogP contribution in [-0.4, -0.2) is 20.1 Å². The van der Waals surface area contributed by atoms with Gasteiger partial charge >= 0.3 is 0 Å². The Labute approximate surface area is 124 Å². The van der Waals surface area contributed by atoms with Crippen molar-refractivity contribution in [1.82, 2.24) is 4.72 Å². The molecule has 2 N–H and O–H groups in total. The summed E-state index contributed by atoms with van der Waals surface area (Å²) in [6.07, 6.45) is -0.938. The van der Waals surface area contributed by atoms with Gasteiger partial charge in [-0.15, -0.1) is 0 Å². The van der Waals surface area contributed by atoms with Crippen molar-refractivity contribution in [2.75, 3.05) is 6.54 Å². The van der Waals surface area contributed by atoms with Gasteiger partial charge in [-0.3, -0.25) is 0 Å². The lowest BCUT2D eigenvalue weighted by molar-refractivity contribution is 0.182. The molecule has 0 aliphatic carbocycles. The van der Waals surface area contributed by atoms with Crippen molar-refractivity contribution < 1.29 is 17.9 Å². The minimum atomic E-state index is -3.84. The van der Waals surface area contributed by atoms with Crippen molar-refractivity contribution >= 4 is 33.0 Å². The molecule has 1 atom stereocenters. The van der Waals surface area contributed by atoms with Gasteiger partial charge in [0.1, 0.15) is 5.82 Å². The predicted molar refractivity (Wildman–Crippen MR) is 75.9 cm³/mol. The number of hydrogen-bond donors (Lipinski definition) is 2. The van der Waals surface area contributed by atoms with Crippen LogP contribution < -0.4 is 4.72 Å². The Kier molecular flexibility index (Phi) is 4.77. The van der Waals surface area contributed by atoms with Crippen LogP contribution in [0.25, 0.3) is 0 Å². The molecule has 0 spiro atoms. The molecule has 8 heteroatoms. The Bertz CT molecular complexity index is 689. The van der Waals surface area contributed by atoms with E-state index >= 15 is 0 Å². The van der Waals surface area contributed by atoms with Gasteiger partial charge in [0.25, 0.3) is 0 Å². The Hall–Kier alpha value is -0.990. The minimum absolute atomic E-state index is 0.151. The zero-order valence-corrected chi connectivity index (χ0v) is 12.5. The molecule has 4 nitrogen and oxygen atoms in total. The number of halogens is 2. The van der Waals surface area contributed by atoms with Crippen molar-refractivity contribution in [2.24, 2.45) is 0 Å². The van der Waals surface area contributed by atoms with Crippen LogP contribution in [0.1, 0.15) is 11.7 Å². The lowest BCUT2D eigenvalue weighted by Crippen LogP contribution is -2.28. The Morgan fingerprint density at radius 3 is 2.75 bits per heavy atom. The molecule has 0 fully saturated rings. The molecule has 0 bridgehead atoms. The van der Waals surface area contributed by atoms with Crippen LogP contribution in [0.3, 0.4) is 0 Å². The summed E-state index contributed by atoms with van der Waals surface area (Å²) in [6, 6.07) is 4.82. The molecule has 0 aliphatic heterocycles. The van der Waals surface area contributed by atoms with E-state index in [4.69, 9.17) is 11.6 Å². The molecule has 0 amide bonds. The van der Waals surface area contributed by atoms with Gasteiger partial charge in [0.15, 0.2) is 0 Å². The Balaban J connectivity index is 2.09. The summed E-state index contributed by atoms with van der Waals surface area (Å²) in [5, 5.41) is 13.1. The van der Waals surface area contributed by atoms with Crippen molar-refractivity contribution in [3.05, 3.63) is 51.4 Å². The number of thiophene rings is 1. The normalized spacial score (nSPS) is 13.3. The largest absolute Gasteiger partial charge is 0.387 e. The van der Waals surface area contributed by atoms with Gasteiger partial charge in [0, 0.05) is 6.54 Å². The first-order valence-corrected chi connectivity index (χ1v) is 8.35. The van der Waals surface area contributed by atoms with Gasteiger partial charge in [-0.05, 0) is 40.6 Å². The second-order valence-electron chi connectivity index (χ2n) is 4.00. The molecule has 2 aromatic rings. The van der Waals surface area contributed by atoms with E-state index in [1.165, 1.54) is 11.3 Å². The average molecular weight is 336 g/mol. The first-order valence-electron chi connectivity index (χ1n) is 5.55. The van der Waals surface area contributed by atoms with Crippen molar-refractivity contribution in [3.63, 3.8) is 0 Å². The number of hydrogen-bond acceptors (Lipinski definition) is 4. The molecule has 0 saturated carbocycles. The molecule has 0 unspecified atom stereocenters. The standard InChI is InChI=1S/C12H11ClFNO3S2/c13-10-5-9(1-2-11(10)14)20(17,18)15-6-12(16)8-3-4-19-7-8/h1-5,7,12,15-16H,6H2/t12-/m1/s1. The van der Waals surface area contributed by atoms with Crippen molar-refractivity contribution in [1.29, 1.82) is 0 Å². The number of benzene rings is 1. The van der Waals surface area contributed by atoms with Crippen molar-refractivity contribution in [2.45, 2.75) is 11.0 Å². The first-order chi connectivity index (χ1) is 9.40. The monoisotopic (exact) mass is 335 g/mol. The fourth-order valence-electron chi connectivity index (χ4n) is 1.50. The highest BCUT2D eigenvalue weighted by Gasteiger charge is 2.18. The highest BCUT2D eigenvalue weighted by Crippen LogP contribution is 2.20. The SMILES string of the molecule is O=S(=O)(NC[C@@H](O)c1ccsc1)c1ccc(F)c(Cl)c1. The molecule has 20 heavy (non-hydrogen) atoms. The molecule has 1 aromatic heterocycles. The van der Waals surface area contributed by atoms with E-state index in [9.17, 15) is 17.9 Å². The number of nitrogens with one attached hydrogen (secondary N) is 1. The van der Waals surface area contributed by atoms with Crippen LogP contribution in [-0.2, 0) is 10.0 Å². The average Bonchev–Trinajstić information content (AvgIpc) is 2.93. The van der Waals surface area contributed by atoms with Crippen LogP contribution in [0.4, 0.5) is 4.39 Å². The second kappa shape index (κ2) is 6.19. The van der Waals surface area contributed by atoms with Crippen LogP contribution in [0.5, 0.6) is 0 Å². The lowest BCUT2D eigenvalue weighted by atomic mass is 10.2. The number of rotatable bonds is 5. The quantitative estimate of drug-likeness (QED) is 0.882. The van der Waals surface area contributed by atoms with Crippen LogP contribution in [0, 0.1) is 5.82 Å². The van der Waals surface area contributed by atoms with Crippen LogP contribution in [0.2, 0.25) is 5.02 Å². The van der Waals surface area contributed by atoms with E-state index in [1.807, 2.05) is 0 Å². The molecule has 0 aliphatic rings. The van der Waals surface area contributed by atoms with E-state index in [2.05, 4.69) is 4.72 Å². The molecule has 0 saturated heterocycles. The maximum Gasteiger partial charge on any atom is 0.240 e. The van der Waals surface area contributed by atoms with Crippen molar-refractivity contribution in [3.8, 4) is 0 Å². The number of aliphatic hydroxyl groups is 1. The number of aliphatic hydroxyl groups excluding tert-OH is 1. The lowest BCUT2D eigenvalue weighted by Gasteiger charge is -2.11. The predicted octanol–water partition coefficient (Wildman–Crippen LogP) is 2.55. The van der Waals surface area contributed by atoms with Gasteiger partial charge in [-0.25, -0.2) is 17.5 Å². The molecule has 108 valence electrons. The number of sulfonamides is 1. The van der Waals surface area contributed by atoms with Gasteiger partial charge in [-0.2, -0.15) is 11.3 Å². The third-order valence-electron chi connectivity index (χ3n) is 2.60. The van der Waals surface area contributed by atoms with E-state index < -0.39 is 21.9 Å².